The van der Waals surface area contributed by atoms with E-state index in [1.165, 1.54) is 6.07 Å². The highest BCUT2D eigenvalue weighted by Gasteiger charge is 2.17. The fourth-order valence-electron chi connectivity index (χ4n) is 1.47. The molecule has 0 radical (unpaired) electrons. The van der Waals surface area contributed by atoms with Crippen LogP contribution in [0.25, 0.3) is 0 Å². The van der Waals surface area contributed by atoms with Gasteiger partial charge in [0.25, 0.3) is 0 Å². The van der Waals surface area contributed by atoms with Crippen LogP contribution in [0.4, 0.5) is 5.82 Å². The van der Waals surface area contributed by atoms with E-state index in [0.29, 0.717) is 12.4 Å². The average molecular weight is 272 g/mol. The second-order valence-electron chi connectivity index (χ2n) is 4.15. The van der Waals surface area contributed by atoms with Gasteiger partial charge in [-0.05, 0) is 39.2 Å². The van der Waals surface area contributed by atoms with Crippen LogP contribution >= 0.6 is 0 Å². The topological polar surface area (TPSA) is 74.3 Å². The molecule has 18 heavy (non-hydrogen) atoms. The molecule has 1 heterocycles. The molecule has 102 valence electrons. The van der Waals surface area contributed by atoms with Gasteiger partial charge in [-0.1, -0.05) is 0 Å². The Morgan fingerprint density at radius 2 is 2.11 bits per heavy atom. The van der Waals surface area contributed by atoms with Crippen molar-refractivity contribution in [1.82, 2.24) is 14.6 Å². The molecular weight excluding hydrogens is 252 g/mol. The molecule has 0 unspecified atom stereocenters. The highest BCUT2D eigenvalue weighted by molar-refractivity contribution is 7.89. The van der Waals surface area contributed by atoms with Crippen molar-refractivity contribution < 1.29 is 8.42 Å². The van der Waals surface area contributed by atoms with E-state index < -0.39 is 10.0 Å². The van der Waals surface area contributed by atoms with Crippen LogP contribution in [0, 0.1) is 0 Å². The molecule has 0 bridgehead atoms. The smallest absolute Gasteiger partial charge is 0.244 e. The highest BCUT2D eigenvalue weighted by atomic mass is 32.2. The molecule has 7 heteroatoms. The molecule has 0 fully saturated rings. The fourth-order valence-corrected chi connectivity index (χ4v) is 2.71. The van der Waals surface area contributed by atoms with E-state index in [9.17, 15) is 8.42 Å². The zero-order valence-corrected chi connectivity index (χ0v) is 11.8. The maximum absolute atomic E-state index is 12.1. The van der Waals surface area contributed by atoms with E-state index in [1.54, 1.807) is 19.3 Å². The van der Waals surface area contributed by atoms with Gasteiger partial charge in [-0.3, -0.25) is 0 Å². The quantitative estimate of drug-likeness (QED) is 0.701. The summed E-state index contributed by atoms with van der Waals surface area (Å²) in [6.45, 7) is 1.26. The Morgan fingerprint density at radius 3 is 2.72 bits per heavy atom. The summed E-state index contributed by atoms with van der Waals surface area (Å²) < 4.78 is 26.7. The van der Waals surface area contributed by atoms with Gasteiger partial charge in [-0.15, -0.1) is 0 Å². The summed E-state index contributed by atoms with van der Waals surface area (Å²) in [6.07, 6.45) is 2.32. The van der Waals surface area contributed by atoms with E-state index in [0.717, 1.165) is 13.0 Å². The molecule has 1 aromatic rings. The lowest BCUT2D eigenvalue weighted by molar-refractivity contribution is 0.400. The number of pyridine rings is 1. The zero-order valence-electron chi connectivity index (χ0n) is 11.0. The fraction of sp³-hybridized carbons (Fsp3) is 0.545. The summed E-state index contributed by atoms with van der Waals surface area (Å²) in [7, 11) is 2.06. The molecular formula is C11H20N4O2S. The summed E-state index contributed by atoms with van der Waals surface area (Å²) >= 11 is 0. The summed E-state index contributed by atoms with van der Waals surface area (Å²) in [5, 5.41) is 2.77. The Kier molecular flexibility index (Phi) is 5.52. The predicted octanol–water partition coefficient (Wildman–Crippen LogP) is 0.353. The van der Waals surface area contributed by atoms with Crippen molar-refractivity contribution in [2.24, 2.45) is 0 Å². The Labute approximate surface area is 108 Å². The number of nitrogens with zero attached hydrogens (tertiary/aromatic N) is 2. The van der Waals surface area contributed by atoms with Crippen LogP contribution in [-0.4, -0.2) is 52.5 Å². The number of anilines is 1. The minimum Gasteiger partial charge on any atom is -0.372 e. The number of hydrogen-bond acceptors (Lipinski definition) is 5. The molecule has 0 aliphatic rings. The van der Waals surface area contributed by atoms with Crippen molar-refractivity contribution in [2.75, 3.05) is 39.5 Å². The number of nitrogens with one attached hydrogen (secondary N) is 2. The lowest BCUT2D eigenvalue weighted by Gasteiger charge is -2.12. The highest BCUT2D eigenvalue weighted by Crippen LogP contribution is 2.16. The van der Waals surface area contributed by atoms with Gasteiger partial charge in [0.1, 0.15) is 10.7 Å². The zero-order chi connectivity index (χ0) is 13.6. The molecule has 2 N–H and O–H groups in total. The first kappa shape index (κ1) is 14.9. The standard InChI is InChI=1S/C11H20N4O2S/c1-12-11-10(6-4-7-13-11)18(16,17)14-8-5-9-15(2)3/h4,6-7,14H,5,8-9H2,1-3H3,(H,12,13). The van der Waals surface area contributed by atoms with Crippen molar-refractivity contribution in [3.63, 3.8) is 0 Å². The molecule has 0 aliphatic heterocycles. The molecule has 1 rings (SSSR count). The minimum absolute atomic E-state index is 0.178. The first-order valence-corrected chi connectivity index (χ1v) is 7.23. The Balaban J connectivity index is 2.68. The molecule has 6 nitrogen and oxygen atoms in total. The largest absolute Gasteiger partial charge is 0.372 e. The van der Waals surface area contributed by atoms with Crippen LogP contribution < -0.4 is 10.0 Å². The first-order chi connectivity index (χ1) is 8.47. The van der Waals surface area contributed by atoms with Crippen LogP contribution in [-0.2, 0) is 10.0 Å². The van der Waals surface area contributed by atoms with Gasteiger partial charge in [-0.2, -0.15) is 0 Å². The predicted molar refractivity (Wildman–Crippen MR) is 72.1 cm³/mol. The van der Waals surface area contributed by atoms with E-state index in [4.69, 9.17) is 0 Å². The van der Waals surface area contributed by atoms with Crippen LogP contribution in [0.3, 0.4) is 0 Å². The molecule has 0 aromatic carbocycles. The third-order valence-electron chi connectivity index (χ3n) is 2.37. The summed E-state index contributed by atoms with van der Waals surface area (Å²) in [4.78, 5) is 6.17. The van der Waals surface area contributed by atoms with Crippen molar-refractivity contribution in [2.45, 2.75) is 11.3 Å². The monoisotopic (exact) mass is 272 g/mol. The number of aromatic nitrogens is 1. The van der Waals surface area contributed by atoms with Crippen molar-refractivity contribution >= 4 is 15.8 Å². The van der Waals surface area contributed by atoms with Gasteiger partial charge in [0.15, 0.2) is 0 Å². The van der Waals surface area contributed by atoms with E-state index in [2.05, 4.69) is 15.0 Å². The van der Waals surface area contributed by atoms with Gasteiger partial charge in [-0.25, -0.2) is 18.1 Å². The normalized spacial score (nSPS) is 11.8. The SMILES string of the molecule is CNc1ncccc1S(=O)(=O)NCCCN(C)C. The molecule has 0 atom stereocenters. The van der Waals surface area contributed by atoms with Gasteiger partial charge < -0.3 is 10.2 Å². The first-order valence-electron chi connectivity index (χ1n) is 5.74. The van der Waals surface area contributed by atoms with Crippen LogP contribution in [0.15, 0.2) is 23.2 Å². The van der Waals surface area contributed by atoms with Gasteiger partial charge in [0, 0.05) is 19.8 Å². The van der Waals surface area contributed by atoms with Crippen LogP contribution in [0.5, 0.6) is 0 Å². The molecule has 0 saturated heterocycles. The summed E-state index contributed by atoms with van der Waals surface area (Å²) in [5.41, 5.74) is 0. The Bertz CT molecular complexity index is 474. The summed E-state index contributed by atoms with van der Waals surface area (Å²) in [5.74, 6) is 0.359. The number of rotatable bonds is 7. The summed E-state index contributed by atoms with van der Waals surface area (Å²) in [6, 6.07) is 3.14. The Hall–Kier alpha value is -1.18. The lowest BCUT2D eigenvalue weighted by Crippen LogP contribution is -2.28. The minimum atomic E-state index is -3.49. The van der Waals surface area contributed by atoms with Gasteiger partial charge in [0.2, 0.25) is 10.0 Å². The maximum atomic E-state index is 12.1. The van der Waals surface area contributed by atoms with Gasteiger partial charge in [0.05, 0.1) is 0 Å². The van der Waals surface area contributed by atoms with E-state index >= 15 is 0 Å². The van der Waals surface area contributed by atoms with E-state index in [-0.39, 0.29) is 4.90 Å². The van der Waals surface area contributed by atoms with Crippen molar-refractivity contribution in [3.8, 4) is 0 Å². The second kappa shape index (κ2) is 6.67. The average Bonchev–Trinajstić information content (AvgIpc) is 2.34. The molecule has 0 spiro atoms. The van der Waals surface area contributed by atoms with E-state index in [1.807, 2.05) is 19.0 Å². The molecule has 0 saturated carbocycles. The maximum Gasteiger partial charge on any atom is 0.244 e. The molecule has 0 aliphatic carbocycles. The number of hydrogen-bond donors (Lipinski definition) is 2. The Morgan fingerprint density at radius 1 is 1.39 bits per heavy atom. The van der Waals surface area contributed by atoms with Crippen molar-refractivity contribution in [1.29, 1.82) is 0 Å². The second-order valence-corrected chi connectivity index (χ2v) is 5.89. The van der Waals surface area contributed by atoms with Crippen LogP contribution in [0.2, 0.25) is 0 Å². The van der Waals surface area contributed by atoms with Crippen LogP contribution in [0.1, 0.15) is 6.42 Å². The third-order valence-corrected chi connectivity index (χ3v) is 3.86. The third kappa shape index (κ3) is 4.25. The lowest BCUT2D eigenvalue weighted by atomic mass is 10.4. The molecule has 1 aromatic heterocycles. The van der Waals surface area contributed by atoms with Gasteiger partial charge >= 0.3 is 0 Å². The van der Waals surface area contributed by atoms with Crippen molar-refractivity contribution in [3.05, 3.63) is 18.3 Å². The number of sulfonamides is 1. The molecule has 0 amide bonds.